The quantitative estimate of drug-likeness (QED) is 0.620. The fraction of sp³-hybridized carbons (Fsp3) is 0.200. The number of hydrogen-bond acceptors (Lipinski definition) is 2. The number of hydrogen-bond donors (Lipinski definition) is 1. The molecule has 1 N–H and O–H groups in total. The zero-order valence-electron chi connectivity index (χ0n) is 16.6. The number of nitrogens with one attached hydrogen (secondary N) is 1. The van der Waals surface area contributed by atoms with Gasteiger partial charge in [0.25, 0.3) is 0 Å². The molecule has 4 heteroatoms. The van der Waals surface area contributed by atoms with Crippen molar-refractivity contribution in [2.45, 2.75) is 32.5 Å². The highest BCUT2D eigenvalue weighted by Crippen LogP contribution is 2.24. The summed E-state index contributed by atoms with van der Waals surface area (Å²) in [6.07, 6.45) is 0.335. The molecule has 3 rings (SSSR count). The molecule has 0 fully saturated rings. The van der Waals surface area contributed by atoms with Crippen molar-refractivity contribution in [3.63, 3.8) is 0 Å². The number of nitrogens with zero attached hydrogens (tertiary/aromatic N) is 1. The Bertz CT molecular complexity index is 911. The van der Waals surface area contributed by atoms with Crippen molar-refractivity contribution in [1.29, 1.82) is 0 Å². The first-order valence-corrected chi connectivity index (χ1v) is 9.89. The minimum absolute atomic E-state index is 0.0578. The standard InChI is InChI=1S/C25H26N2O2/c1-2-23(28)27(19-21-14-8-4-9-15-21)24(22-16-10-5-11-17-22)25(29)26-18-20-12-6-3-7-13-20/h3-17,24H,2,18-19H2,1H3,(H,26,29). The van der Waals surface area contributed by atoms with Gasteiger partial charge in [0, 0.05) is 19.5 Å². The molecule has 1 unspecified atom stereocenters. The van der Waals surface area contributed by atoms with Gasteiger partial charge < -0.3 is 10.2 Å². The number of benzene rings is 3. The van der Waals surface area contributed by atoms with E-state index < -0.39 is 6.04 Å². The van der Waals surface area contributed by atoms with E-state index >= 15 is 0 Å². The van der Waals surface area contributed by atoms with Crippen LogP contribution in [0, 0.1) is 0 Å². The maximum atomic E-state index is 13.3. The first-order valence-electron chi connectivity index (χ1n) is 9.89. The Morgan fingerprint density at radius 1 is 0.793 bits per heavy atom. The molecule has 0 aliphatic rings. The van der Waals surface area contributed by atoms with Crippen LogP contribution >= 0.6 is 0 Å². The van der Waals surface area contributed by atoms with Crippen molar-refractivity contribution in [3.05, 3.63) is 108 Å². The lowest BCUT2D eigenvalue weighted by Crippen LogP contribution is -2.43. The van der Waals surface area contributed by atoms with Gasteiger partial charge in [0.15, 0.2) is 0 Å². The summed E-state index contributed by atoms with van der Waals surface area (Å²) in [4.78, 5) is 27.8. The zero-order chi connectivity index (χ0) is 20.5. The molecular weight excluding hydrogens is 360 g/mol. The number of rotatable bonds is 8. The van der Waals surface area contributed by atoms with Crippen molar-refractivity contribution in [1.82, 2.24) is 10.2 Å². The van der Waals surface area contributed by atoms with Gasteiger partial charge in [0.2, 0.25) is 11.8 Å². The minimum atomic E-state index is -0.687. The van der Waals surface area contributed by atoms with Crippen LogP contribution in [-0.2, 0) is 22.7 Å². The number of carbonyl (C=O) groups is 2. The Hall–Kier alpha value is -3.40. The second-order valence-corrected chi connectivity index (χ2v) is 6.88. The molecule has 4 nitrogen and oxygen atoms in total. The molecule has 0 aliphatic carbocycles. The summed E-state index contributed by atoms with van der Waals surface area (Å²) in [5, 5.41) is 3.01. The van der Waals surface area contributed by atoms with Crippen molar-refractivity contribution in [3.8, 4) is 0 Å². The molecule has 0 aromatic heterocycles. The number of amides is 2. The maximum Gasteiger partial charge on any atom is 0.247 e. The average Bonchev–Trinajstić information content (AvgIpc) is 2.79. The van der Waals surface area contributed by atoms with Crippen LogP contribution in [0.3, 0.4) is 0 Å². The van der Waals surface area contributed by atoms with Crippen LogP contribution in [0.4, 0.5) is 0 Å². The molecule has 3 aromatic rings. The van der Waals surface area contributed by atoms with E-state index in [1.54, 1.807) is 4.90 Å². The Kier molecular flexibility index (Phi) is 7.17. The Balaban J connectivity index is 1.89. The Morgan fingerprint density at radius 3 is 1.86 bits per heavy atom. The molecule has 0 saturated heterocycles. The largest absolute Gasteiger partial charge is 0.350 e. The highest BCUT2D eigenvalue weighted by atomic mass is 16.2. The van der Waals surface area contributed by atoms with Crippen LogP contribution in [0.5, 0.6) is 0 Å². The van der Waals surface area contributed by atoms with Crippen LogP contribution in [0.15, 0.2) is 91.0 Å². The predicted molar refractivity (Wildman–Crippen MR) is 115 cm³/mol. The molecule has 0 bridgehead atoms. The monoisotopic (exact) mass is 386 g/mol. The van der Waals surface area contributed by atoms with Gasteiger partial charge in [0.05, 0.1) is 0 Å². The smallest absolute Gasteiger partial charge is 0.247 e. The van der Waals surface area contributed by atoms with E-state index in [2.05, 4.69) is 5.32 Å². The molecule has 3 aromatic carbocycles. The van der Waals surface area contributed by atoms with Crippen molar-refractivity contribution in [2.24, 2.45) is 0 Å². The molecule has 0 saturated carbocycles. The second-order valence-electron chi connectivity index (χ2n) is 6.88. The SMILES string of the molecule is CCC(=O)N(Cc1ccccc1)C(C(=O)NCc1ccccc1)c1ccccc1. The van der Waals surface area contributed by atoms with Crippen LogP contribution in [0.2, 0.25) is 0 Å². The van der Waals surface area contributed by atoms with E-state index in [0.29, 0.717) is 19.5 Å². The van der Waals surface area contributed by atoms with Gasteiger partial charge in [0.1, 0.15) is 6.04 Å². The average molecular weight is 386 g/mol. The Morgan fingerprint density at radius 2 is 1.31 bits per heavy atom. The van der Waals surface area contributed by atoms with E-state index in [4.69, 9.17) is 0 Å². The highest BCUT2D eigenvalue weighted by molar-refractivity contribution is 5.88. The summed E-state index contributed by atoms with van der Waals surface area (Å²) in [7, 11) is 0. The van der Waals surface area contributed by atoms with Gasteiger partial charge in [-0.15, -0.1) is 0 Å². The van der Waals surface area contributed by atoms with Gasteiger partial charge in [-0.1, -0.05) is 97.9 Å². The van der Waals surface area contributed by atoms with E-state index in [1.807, 2.05) is 97.9 Å². The third-order valence-electron chi connectivity index (χ3n) is 4.80. The van der Waals surface area contributed by atoms with Gasteiger partial charge in [-0.2, -0.15) is 0 Å². The fourth-order valence-corrected chi connectivity index (χ4v) is 3.30. The van der Waals surface area contributed by atoms with E-state index in [-0.39, 0.29) is 11.8 Å². The molecule has 1 atom stereocenters. The summed E-state index contributed by atoms with van der Waals surface area (Å²) >= 11 is 0. The molecule has 2 amide bonds. The normalized spacial score (nSPS) is 11.5. The maximum absolute atomic E-state index is 13.3. The topological polar surface area (TPSA) is 49.4 Å². The molecule has 0 heterocycles. The van der Waals surface area contributed by atoms with Gasteiger partial charge >= 0.3 is 0 Å². The van der Waals surface area contributed by atoms with Gasteiger partial charge in [-0.3, -0.25) is 9.59 Å². The van der Waals surface area contributed by atoms with Crippen LogP contribution in [0.1, 0.15) is 36.1 Å². The molecule has 0 aliphatic heterocycles. The fourth-order valence-electron chi connectivity index (χ4n) is 3.30. The molecular formula is C25H26N2O2. The second kappa shape index (κ2) is 10.2. The van der Waals surface area contributed by atoms with E-state index in [9.17, 15) is 9.59 Å². The summed E-state index contributed by atoms with van der Waals surface area (Å²) in [5.74, 6) is -0.240. The minimum Gasteiger partial charge on any atom is -0.350 e. The highest BCUT2D eigenvalue weighted by Gasteiger charge is 2.30. The zero-order valence-corrected chi connectivity index (χ0v) is 16.6. The summed E-state index contributed by atoms with van der Waals surface area (Å²) in [6, 6.07) is 28.3. The lowest BCUT2D eigenvalue weighted by molar-refractivity contribution is -0.141. The third kappa shape index (κ3) is 5.55. The summed E-state index contributed by atoms with van der Waals surface area (Å²) in [6.45, 7) is 2.62. The van der Waals surface area contributed by atoms with Crippen LogP contribution in [-0.4, -0.2) is 16.7 Å². The summed E-state index contributed by atoms with van der Waals surface area (Å²) in [5.41, 5.74) is 2.81. The molecule has 0 radical (unpaired) electrons. The summed E-state index contributed by atoms with van der Waals surface area (Å²) < 4.78 is 0. The van der Waals surface area contributed by atoms with Crippen molar-refractivity contribution >= 4 is 11.8 Å². The third-order valence-corrected chi connectivity index (χ3v) is 4.80. The van der Waals surface area contributed by atoms with E-state index in [0.717, 1.165) is 16.7 Å². The first kappa shape index (κ1) is 20.3. The number of carbonyl (C=O) groups excluding carboxylic acids is 2. The van der Waals surface area contributed by atoms with Gasteiger partial charge in [-0.05, 0) is 16.7 Å². The van der Waals surface area contributed by atoms with Crippen LogP contribution in [0.25, 0.3) is 0 Å². The molecule has 0 spiro atoms. The lowest BCUT2D eigenvalue weighted by atomic mass is 10.0. The molecule has 148 valence electrons. The molecule has 29 heavy (non-hydrogen) atoms. The van der Waals surface area contributed by atoms with Crippen molar-refractivity contribution in [2.75, 3.05) is 0 Å². The van der Waals surface area contributed by atoms with E-state index in [1.165, 1.54) is 0 Å². The van der Waals surface area contributed by atoms with Crippen molar-refractivity contribution < 1.29 is 9.59 Å². The predicted octanol–water partition coefficient (Wildman–Crippen LogP) is 4.48. The lowest BCUT2D eigenvalue weighted by Gasteiger charge is -2.31. The first-order chi connectivity index (χ1) is 14.2. The Labute approximate surface area is 172 Å². The van der Waals surface area contributed by atoms with Crippen LogP contribution < -0.4 is 5.32 Å². The van der Waals surface area contributed by atoms with Gasteiger partial charge in [-0.25, -0.2) is 0 Å².